The Kier molecular flexibility index (Phi) is 3.71. The van der Waals surface area contributed by atoms with Crippen LogP contribution in [0.15, 0.2) is 24.4 Å². The fourth-order valence-corrected chi connectivity index (χ4v) is 5.41. The summed E-state index contributed by atoms with van der Waals surface area (Å²) in [6, 6.07) is 5.15. The van der Waals surface area contributed by atoms with Gasteiger partial charge >= 0.3 is 0 Å². The van der Waals surface area contributed by atoms with Crippen LogP contribution in [-0.4, -0.2) is 19.7 Å². The summed E-state index contributed by atoms with van der Waals surface area (Å²) in [4.78, 5) is 3.40. The van der Waals surface area contributed by atoms with Gasteiger partial charge in [-0.25, -0.2) is 4.39 Å². The van der Waals surface area contributed by atoms with E-state index in [2.05, 4.69) is 38.9 Å². The summed E-state index contributed by atoms with van der Waals surface area (Å²) in [5.41, 5.74) is 6.19. The first-order valence-corrected chi connectivity index (χ1v) is 11.0. The summed E-state index contributed by atoms with van der Waals surface area (Å²) < 4.78 is 16.9. The molecule has 1 aliphatic heterocycles. The van der Waals surface area contributed by atoms with Crippen LogP contribution in [0.5, 0.6) is 0 Å². The molecule has 6 rings (SSSR count). The first-order valence-electron chi connectivity index (χ1n) is 10.6. The Morgan fingerprint density at radius 2 is 1.94 bits per heavy atom. The lowest BCUT2D eigenvalue weighted by molar-refractivity contribution is 0.535. The number of hydrogen-bond acceptors (Lipinski definition) is 3. The van der Waals surface area contributed by atoms with Gasteiger partial charge in [0.2, 0.25) is 0 Å². The third kappa shape index (κ3) is 2.61. The third-order valence-corrected chi connectivity index (χ3v) is 6.92. The summed E-state index contributed by atoms with van der Waals surface area (Å²) in [6.07, 6.45) is 4.35. The van der Waals surface area contributed by atoms with E-state index in [1.807, 2.05) is 26.1 Å². The number of aromatic amines is 1. The molecule has 1 saturated carbocycles. The second kappa shape index (κ2) is 6.10. The summed E-state index contributed by atoms with van der Waals surface area (Å²) in [7, 11) is 0. The fraction of sp³-hybridized carbons (Fsp3) is 0.333. The van der Waals surface area contributed by atoms with Crippen molar-refractivity contribution in [3.63, 3.8) is 0 Å². The molecular weight excluding hydrogens is 413 g/mol. The zero-order valence-corrected chi connectivity index (χ0v) is 18.7. The molecule has 0 unspecified atom stereocenters. The van der Waals surface area contributed by atoms with Gasteiger partial charge in [0.15, 0.2) is 5.82 Å². The highest BCUT2D eigenvalue weighted by Crippen LogP contribution is 2.48. The van der Waals surface area contributed by atoms with Gasteiger partial charge in [-0.1, -0.05) is 11.6 Å². The van der Waals surface area contributed by atoms with Gasteiger partial charge in [0.05, 0.1) is 27.5 Å². The molecule has 2 aromatic heterocycles. The largest absolute Gasteiger partial charge is 0.371 e. The van der Waals surface area contributed by atoms with Crippen molar-refractivity contribution >= 4 is 28.2 Å². The van der Waals surface area contributed by atoms with E-state index in [0.29, 0.717) is 10.9 Å². The summed E-state index contributed by atoms with van der Waals surface area (Å²) >= 11 is 6.85. The molecule has 0 bridgehead atoms. The van der Waals surface area contributed by atoms with Crippen molar-refractivity contribution in [1.82, 2.24) is 19.7 Å². The molecule has 7 heteroatoms. The topological polar surface area (TPSA) is 58.5 Å². The lowest BCUT2D eigenvalue weighted by Gasteiger charge is -2.35. The minimum Gasteiger partial charge on any atom is -0.371 e. The highest BCUT2D eigenvalue weighted by atomic mass is 35.5. The highest BCUT2D eigenvalue weighted by Gasteiger charge is 2.36. The van der Waals surface area contributed by atoms with Crippen LogP contribution in [-0.2, 0) is 5.54 Å². The monoisotopic (exact) mass is 435 g/mol. The smallest absolute Gasteiger partial charge is 0.162 e. The number of fused-ring (bicyclic) bond motifs is 4. The molecule has 2 N–H and O–H groups in total. The Labute approximate surface area is 184 Å². The number of H-pyrrole nitrogens is 1. The normalized spacial score (nSPS) is 16.8. The number of aromatic nitrogens is 4. The van der Waals surface area contributed by atoms with E-state index < -0.39 is 5.54 Å². The number of hydrogen-bond donors (Lipinski definition) is 2. The SMILES string of the molecule is Cc1c(-c2cc(F)cc3c(C4CC4)c[nH]c23)c(Cl)cc2c1-n1c(C)nnc1C(C)(C)N2. The van der Waals surface area contributed by atoms with Crippen molar-refractivity contribution < 1.29 is 4.39 Å². The van der Waals surface area contributed by atoms with Gasteiger partial charge in [0.1, 0.15) is 11.6 Å². The van der Waals surface area contributed by atoms with E-state index in [1.165, 1.54) is 5.56 Å². The second-order valence-corrected chi connectivity index (χ2v) is 9.71. The molecule has 0 amide bonds. The number of aryl methyl sites for hydroxylation is 1. The maximum Gasteiger partial charge on any atom is 0.162 e. The summed E-state index contributed by atoms with van der Waals surface area (Å²) in [5, 5.41) is 13.8. The highest BCUT2D eigenvalue weighted by molar-refractivity contribution is 6.34. The Morgan fingerprint density at radius 3 is 2.68 bits per heavy atom. The average Bonchev–Trinajstić information content (AvgIpc) is 3.32. The molecule has 2 aromatic carbocycles. The Morgan fingerprint density at radius 1 is 1.16 bits per heavy atom. The molecule has 0 spiro atoms. The summed E-state index contributed by atoms with van der Waals surface area (Å²) in [6.45, 7) is 8.12. The molecule has 0 atom stereocenters. The predicted molar refractivity (Wildman–Crippen MR) is 122 cm³/mol. The van der Waals surface area contributed by atoms with E-state index in [0.717, 1.165) is 63.5 Å². The van der Waals surface area contributed by atoms with Crippen LogP contribution in [0.2, 0.25) is 5.02 Å². The van der Waals surface area contributed by atoms with E-state index in [-0.39, 0.29) is 5.82 Å². The molecule has 0 saturated heterocycles. The van der Waals surface area contributed by atoms with Crippen LogP contribution in [0.1, 0.15) is 55.4 Å². The predicted octanol–water partition coefficient (Wildman–Crippen LogP) is 6.36. The Hall–Kier alpha value is -2.86. The van der Waals surface area contributed by atoms with Crippen molar-refractivity contribution in [1.29, 1.82) is 0 Å². The summed E-state index contributed by atoms with van der Waals surface area (Å²) in [5.74, 6) is 1.92. The van der Waals surface area contributed by atoms with Gasteiger partial charge in [-0.3, -0.25) is 4.57 Å². The Balaban J connectivity index is 1.66. The number of benzene rings is 2. The minimum atomic E-state index is -0.393. The van der Waals surface area contributed by atoms with Crippen molar-refractivity contribution in [2.45, 2.75) is 52.0 Å². The van der Waals surface area contributed by atoms with E-state index in [1.54, 1.807) is 12.1 Å². The molecule has 3 heterocycles. The zero-order valence-electron chi connectivity index (χ0n) is 17.9. The lowest BCUT2D eigenvalue weighted by atomic mass is 9.92. The second-order valence-electron chi connectivity index (χ2n) is 9.30. The molecule has 1 fully saturated rings. The van der Waals surface area contributed by atoms with Crippen molar-refractivity contribution in [2.75, 3.05) is 5.32 Å². The van der Waals surface area contributed by atoms with Crippen LogP contribution < -0.4 is 5.32 Å². The maximum absolute atomic E-state index is 14.8. The quantitative estimate of drug-likeness (QED) is 0.385. The van der Waals surface area contributed by atoms with Gasteiger partial charge in [-0.15, -0.1) is 10.2 Å². The van der Waals surface area contributed by atoms with Gasteiger partial charge in [-0.05, 0) is 75.8 Å². The third-order valence-electron chi connectivity index (χ3n) is 6.62. The zero-order chi connectivity index (χ0) is 21.7. The van der Waals surface area contributed by atoms with Gasteiger partial charge < -0.3 is 10.3 Å². The van der Waals surface area contributed by atoms with Crippen LogP contribution in [0.25, 0.3) is 27.7 Å². The first kappa shape index (κ1) is 18.9. The van der Waals surface area contributed by atoms with Gasteiger partial charge in [0, 0.05) is 22.7 Å². The van der Waals surface area contributed by atoms with Gasteiger partial charge in [-0.2, -0.15) is 0 Å². The van der Waals surface area contributed by atoms with Crippen LogP contribution in [0.3, 0.4) is 0 Å². The van der Waals surface area contributed by atoms with Crippen LogP contribution in [0, 0.1) is 19.7 Å². The van der Waals surface area contributed by atoms with Crippen molar-refractivity contribution in [2.24, 2.45) is 0 Å². The fourth-order valence-electron chi connectivity index (χ4n) is 5.06. The molecule has 0 radical (unpaired) electrons. The van der Waals surface area contributed by atoms with Crippen molar-refractivity contribution in [3.05, 3.63) is 58.0 Å². The molecule has 1 aliphatic carbocycles. The molecule has 5 nitrogen and oxygen atoms in total. The molecule has 4 aromatic rings. The maximum atomic E-state index is 14.8. The lowest BCUT2D eigenvalue weighted by Crippen LogP contribution is -2.36. The van der Waals surface area contributed by atoms with Crippen LogP contribution in [0.4, 0.5) is 10.1 Å². The first-order chi connectivity index (χ1) is 14.8. The standard InChI is InChI=1S/C24H23ClFN5/c1-11-20(16-8-14(26)7-15-17(13-5-6-13)10-27-21(15)16)18(25)9-19-22(11)31-12(2)29-30-23(31)24(3,4)28-19/h7-10,13,27-28H,5-6H2,1-4H3. The number of nitrogens with zero attached hydrogens (tertiary/aromatic N) is 3. The van der Waals surface area contributed by atoms with Crippen LogP contribution >= 0.6 is 11.6 Å². The molecular formula is C24H23ClFN5. The average molecular weight is 436 g/mol. The van der Waals surface area contributed by atoms with E-state index in [4.69, 9.17) is 11.6 Å². The molecule has 158 valence electrons. The number of rotatable bonds is 2. The molecule has 2 aliphatic rings. The van der Waals surface area contributed by atoms with Gasteiger partial charge in [0.25, 0.3) is 0 Å². The Bertz CT molecular complexity index is 1390. The van der Waals surface area contributed by atoms with Crippen molar-refractivity contribution in [3.8, 4) is 16.8 Å². The minimum absolute atomic E-state index is 0.252. The number of nitrogens with one attached hydrogen (secondary N) is 2. The van der Waals surface area contributed by atoms with E-state index >= 15 is 0 Å². The number of halogens is 2. The number of anilines is 1. The molecule has 31 heavy (non-hydrogen) atoms. The van der Waals surface area contributed by atoms with E-state index in [9.17, 15) is 4.39 Å².